The lowest BCUT2D eigenvalue weighted by Crippen LogP contribution is -2.39. The number of aromatic nitrogens is 2. The van der Waals surface area contributed by atoms with Gasteiger partial charge in [-0.2, -0.15) is 0 Å². The molecule has 8 nitrogen and oxygen atoms in total. The minimum atomic E-state index is -0.449. The number of amides is 2. The van der Waals surface area contributed by atoms with Gasteiger partial charge in [-0.3, -0.25) is 23.5 Å². The maximum atomic E-state index is 11.8. The summed E-state index contributed by atoms with van der Waals surface area (Å²) in [4.78, 5) is 47.5. The highest BCUT2D eigenvalue weighted by Crippen LogP contribution is 2.07. The zero-order valence-electron chi connectivity index (χ0n) is 13.4. The van der Waals surface area contributed by atoms with E-state index in [4.69, 9.17) is 0 Å². The van der Waals surface area contributed by atoms with E-state index < -0.39 is 11.2 Å². The standard InChI is InChI=1S/C15H18N4O4S/c1-18-10(8-13(21)19(2)15(18)23)9-17-12(20)5-6-16-14(22)11-4-3-7-24-11/h3-4,7-8H,5-6,9H2,1-2H3,(H,16,22)(H,17,20). The number of nitrogens with one attached hydrogen (secondary N) is 2. The molecule has 2 heterocycles. The summed E-state index contributed by atoms with van der Waals surface area (Å²) in [7, 11) is 2.92. The molecule has 0 atom stereocenters. The van der Waals surface area contributed by atoms with E-state index in [-0.39, 0.29) is 31.3 Å². The Kier molecular flexibility index (Phi) is 5.69. The molecular weight excluding hydrogens is 332 g/mol. The van der Waals surface area contributed by atoms with Crippen molar-refractivity contribution in [1.82, 2.24) is 19.8 Å². The Hall–Kier alpha value is -2.68. The van der Waals surface area contributed by atoms with Crippen molar-refractivity contribution >= 4 is 23.2 Å². The molecule has 2 rings (SSSR count). The lowest BCUT2D eigenvalue weighted by atomic mass is 10.3. The molecule has 0 radical (unpaired) electrons. The highest BCUT2D eigenvalue weighted by molar-refractivity contribution is 7.12. The van der Waals surface area contributed by atoms with Crippen LogP contribution < -0.4 is 21.9 Å². The van der Waals surface area contributed by atoms with Gasteiger partial charge in [0.25, 0.3) is 11.5 Å². The monoisotopic (exact) mass is 350 g/mol. The van der Waals surface area contributed by atoms with Crippen LogP contribution in [0.4, 0.5) is 0 Å². The second kappa shape index (κ2) is 7.73. The number of rotatable bonds is 6. The van der Waals surface area contributed by atoms with Crippen molar-refractivity contribution in [3.05, 3.63) is 55.0 Å². The third kappa shape index (κ3) is 4.19. The fourth-order valence-corrected chi connectivity index (χ4v) is 2.65. The molecule has 2 aromatic rings. The number of hydrogen-bond acceptors (Lipinski definition) is 5. The first-order valence-corrected chi connectivity index (χ1v) is 8.12. The van der Waals surface area contributed by atoms with Gasteiger partial charge in [0.2, 0.25) is 5.91 Å². The van der Waals surface area contributed by atoms with Crippen LogP contribution in [0, 0.1) is 0 Å². The average Bonchev–Trinajstić information content (AvgIpc) is 3.09. The first-order chi connectivity index (χ1) is 11.4. The first kappa shape index (κ1) is 17.7. The van der Waals surface area contributed by atoms with Crippen molar-refractivity contribution in [3.63, 3.8) is 0 Å². The molecule has 0 aliphatic carbocycles. The van der Waals surface area contributed by atoms with E-state index in [0.29, 0.717) is 10.6 Å². The Morgan fingerprint density at radius 3 is 2.58 bits per heavy atom. The lowest BCUT2D eigenvalue weighted by molar-refractivity contribution is -0.121. The molecule has 0 unspecified atom stereocenters. The average molecular weight is 350 g/mol. The molecule has 0 aliphatic heterocycles. The van der Waals surface area contributed by atoms with Gasteiger partial charge in [0.05, 0.1) is 11.4 Å². The minimum absolute atomic E-state index is 0.0690. The highest BCUT2D eigenvalue weighted by atomic mass is 32.1. The summed E-state index contributed by atoms with van der Waals surface area (Å²) in [6.45, 7) is 0.275. The van der Waals surface area contributed by atoms with Crippen LogP contribution >= 0.6 is 11.3 Å². The van der Waals surface area contributed by atoms with Crippen LogP contribution in [0.1, 0.15) is 21.8 Å². The summed E-state index contributed by atoms with van der Waals surface area (Å²) >= 11 is 1.33. The smallest absolute Gasteiger partial charge is 0.330 e. The van der Waals surface area contributed by atoms with Crippen molar-refractivity contribution in [2.24, 2.45) is 14.1 Å². The van der Waals surface area contributed by atoms with Gasteiger partial charge >= 0.3 is 5.69 Å². The Bertz CT molecular complexity index is 851. The second-order valence-electron chi connectivity index (χ2n) is 5.13. The maximum Gasteiger partial charge on any atom is 0.330 e. The molecule has 0 saturated carbocycles. The van der Waals surface area contributed by atoms with Gasteiger partial charge in [-0.15, -0.1) is 11.3 Å². The molecular formula is C15H18N4O4S. The summed E-state index contributed by atoms with van der Waals surface area (Å²) in [6, 6.07) is 4.79. The highest BCUT2D eigenvalue weighted by Gasteiger charge is 2.09. The first-order valence-electron chi connectivity index (χ1n) is 7.24. The van der Waals surface area contributed by atoms with Crippen molar-refractivity contribution in [1.29, 1.82) is 0 Å². The Balaban J connectivity index is 1.83. The largest absolute Gasteiger partial charge is 0.351 e. The molecule has 2 N–H and O–H groups in total. The number of carbonyl (C=O) groups is 2. The molecule has 0 aromatic carbocycles. The van der Waals surface area contributed by atoms with Crippen LogP contribution in [-0.4, -0.2) is 27.5 Å². The normalized spacial score (nSPS) is 10.4. The summed E-state index contributed by atoms with van der Waals surface area (Å²) in [5.41, 5.74) is -0.459. The number of nitrogens with zero attached hydrogens (tertiary/aromatic N) is 2. The molecule has 0 aliphatic rings. The minimum Gasteiger partial charge on any atom is -0.351 e. The van der Waals surface area contributed by atoms with Gasteiger partial charge in [0.15, 0.2) is 0 Å². The van der Waals surface area contributed by atoms with E-state index in [1.54, 1.807) is 17.5 Å². The third-order valence-electron chi connectivity index (χ3n) is 3.47. The maximum absolute atomic E-state index is 11.8. The third-order valence-corrected chi connectivity index (χ3v) is 4.34. The van der Waals surface area contributed by atoms with E-state index in [1.807, 2.05) is 0 Å². The number of carbonyl (C=O) groups excluding carboxylic acids is 2. The van der Waals surface area contributed by atoms with Crippen LogP contribution in [0.25, 0.3) is 0 Å². The topological polar surface area (TPSA) is 102 Å². The van der Waals surface area contributed by atoms with Crippen LogP contribution in [0.2, 0.25) is 0 Å². The van der Waals surface area contributed by atoms with Gasteiger partial charge < -0.3 is 10.6 Å². The van der Waals surface area contributed by atoms with Crippen LogP contribution in [-0.2, 0) is 25.4 Å². The summed E-state index contributed by atoms with van der Waals surface area (Å²) in [5.74, 6) is -0.499. The fraction of sp³-hybridized carbons (Fsp3) is 0.333. The molecule has 24 heavy (non-hydrogen) atoms. The van der Waals surface area contributed by atoms with Gasteiger partial charge in [-0.25, -0.2) is 4.79 Å². The molecule has 2 amide bonds. The summed E-state index contributed by atoms with van der Waals surface area (Å²) in [6.07, 6.45) is 0.107. The van der Waals surface area contributed by atoms with Crippen molar-refractivity contribution in [2.75, 3.05) is 6.54 Å². The molecule has 9 heteroatoms. The number of hydrogen-bond donors (Lipinski definition) is 2. The lowest BCUT2D eigenvalue weighted by Gasteiger charge is -2.10. The van der Waals surface area contributed by atoms with Crippen LogP contribution in [0.3, 0.4) is 0 Å². The molecule has 128 valence electrons. The Morgan fingerprint density at radius 2 is 1.92 bits per heavy atom. The van der Waals surface area contributed by atoms with E-state index in [1.165, 1.54) is 36.1 Å². The zero-order valence-corrected chi connectivity index (χ0v) is 14.2. The van der Waals surface area contributed by atoms with E-state index in [2.05, 4.69) is 10.6 Å². The second-order valence-corrected chi connectivity index (χ2v) is 6.08. The predicted molar refractivity (Wildman–Crippen MR) is 90.0 cm³/mol. The van der Waals surface area contributed by atoms with Crippen molar-refractivity contribution in [2.45, 2.75) is 13.0 Å². The zero-order chi connectivity index (χ0) is 17.7. The van der Waals surface area contributed by atoms with Crippen molar-refractivity contribution in [3.8, 4) is 0 Å². The summed E-state index contributed by atoms with van der Waals surface area (Å²) in [5, 5.41) is 7.08. The van der Waals surface area contributed by atoms with Gasteiger partial charge in [0.1, 0.15) is 0 Å². The van der Waals surface area contributed by atoms with Crippen molar-refractivity contribution < 1.29 is 9.59 Å². The fourth-order valence-electron chi connectivity index (χ4n) is 2.01. The predicted octanol–water partition coefficient (Wildman–Crippen LogP) is -0.418. The molecule has 0 saturated heterocycles. The summed E-state index contributed by atoms with van der Waals surface area (Å²) < 4.78 is 2.30. The Labute approximate surface area is 141 Å². The van der Waals surface area contributed by atoms with E-state index >= 15 is 0 Å². The van der Waals surface area contributed by atoms with E-state index in [9.17, 15) is 19.2 Å². The van der Waals surface area contributed by atoms with Gasteiger partial charge in [0, 0.05) is 38.8 Å². The molecule has 0 bridgehead atoms. The van der Waals surface area contributed by atoms with Gasteiger partial charge in [-0.1, -0.05) is 6.07 Å². The van der Waals surface area contributed by atoms with Crippen LogP contribution in [0.5, 0.6) is 0 Å². The SMILES string of the molecule is Cn1c(CNC(=O)CCNC(=O)c2cccs2)cc(=O)n(C)c1=O. The van der Waals surface area contributed by atoms with E-state index in [0.717, 1.165) is 4.57 Å². The van der Waals surface area contributed by atoms with Crippen LogP contribution in [0.15, 0.2) is 33.2 Å². The quantitative estimate of drug-likeness (QED) is 0.739. The Morgan fingerprint density at radius 1 is 1.17 bits per heavy atom. The molecule has 0 fully saturated rings. The number of thiophene rings is 1. The van der Waals surface area contributed by atoms with Gasteiger partial charge in [-0.05, 0) is 11.4 Å². The molecule has 2 aromatic heterocycles. The molecule has 0 spiro atoms.